The topological polar surface area (TPSA) is 21.5 Å². The van der Waals surface area contributed by atoms with Gasteiger partial charge in [-0.1, -0.05) is 29.8 Å². The van der Waals surface area contributed by atoms with Gasteiger partial charge in [-0.3, -0.25) is 4.79 Å². The zero-order valence-electron chi connectivity index (χ0n) is 10.7. The first-order valence-electron chi connectivity index (χ1n) is 6.69. The molecule has 0 radical (unpaired) electrons. The number of ketones is 1. The van der Waals surface area contributed by atoms with E-state index >= 15 is 0 Å². The first kappa shape index (κ1) is 12.3. The van der Waals surface area contributed by atoms with Gasteiger partial charge in [0.1, 0.15) is 0 Å². The number of piperidine rings is 1. The molecule has 0 spiro atoms. The van der Waals surface area contributed by atoms with E-state index in [2.05, 4.69) is 0 Å². The van der Waals surface area contributed by atoms with Crippen molar-refractivity contribution in [3.63, 3.8) is 0 Å². The van der Waals surface area contributed by atoms with Crippen LogP contribution in [0.2, 0.25) is 0 Å². The summed E-state index contributed by atoms with van der Waals surface area (Å²) in [4.78, 5) is 13.6. The lowest BCUT2D eigenvalue weighted by molar-refractivity contribution is -0.904. The zero-order chi connectivity index (χ0) is 12.1. The molecular weight excluding hydrogens is 210 g/mol. The summed E-state index contributed by atoms with van der Waals surface area (Å²) in [5, 5.41) is 0. The molecule has 1 saturated heterocycles. The third-order valence-corrected chi connectivity index (χ3v) is 3.64. The molecule has 2 nitrogen and oxygen atoms in total. The summed E-state index contributed by atoms with van der Waals surface area (Å²) in [5.74, 6) is 0.295. The second kappa shape index (κ2) is 5.97. The van der Waals surface area contributed by atoms with Crippen LogP contribution in [0.25, 0.3) is 0 Å². The number of Topliss-reactive ketones (excluding diaryl/α,β-unsaturated/α-hetero) is 1. The molecule has 0 atom stereocenters. The molecule has 1 N–H and O–H groups in total. The summed E-state index contributed by atoms with van der Waals surface area (Å²) in [7, 11) is 0. The molecule has 0 bridgehead atoms. The number of aryl methyl sites for hydroxylation is 1. The van der Waals surface area contributed by atoms with Gasteiger partial charge in [0.2, 0.25) is 0 Å². The van der Waals surface area contributed by atoms with Crippen LogP contribution >= 0.6 is 0 Å². The Kier molecular flexibility index (Phi) is 4.32. The monoisotopic (exact) mass is 232 g/mol. The standard InChI is InChI=1S/C15H21NO/c1-13-5-7-14(8-6-13)15(17)9-12-16-10-3-2-4-11-16/h5-8H,2-4,9-12H2,1H3/p+1. The lowest BCUT2D eigenvalue weighted by Gasteiger charge is -2.23. The Labute approximate surface area is 104 Å². The number of nitrogens with one attached hydrogen (secondary N) is 1. The van der Waals surface area contributed by atoms with E-state index in [0.29, 0.717) is 12.2 Å². The normalized spacial score (nSPS) is 17.0. The second-order valence-electron chi connectivity index (χ2n) is 5.10. The van der Waals surface area contributed by atoms with E-state index in [-0.39, 0.29) is 0 Å². The number of benzene rings is 1. The first-order valence-corrected chi connectivity index (χ1v) is 6.69. The number of likely N-dealkylation sites (tertiary alicyclic amines) is 1. The second-order valence-corrected chi connectivity index (χ2v) is 5.10. The van der Waals surface area contributed by atoms with Crippen molar-refractivity contribution in [2.75, 3.05) is 19.6 Å². The number of hydrogen-bond donors (Lipinski definition) is 1. The summed E-state index contributed by atoms with van der Waals surface area (Å²) >= 11 is 0. The fourth-order valence-corrected chi connectivity index (χ4v) is 2.48. The van der Waals surface area contributed by atoms with Crippen LogP contribution in [0.3, 0.4) is 0 Å². The molecule has 17 heavy (non-hydrogen) atoms. The van der Waals surface area contributed by atoms with Gasteiger partial charge in [0, 0.05) is 5.56 Å². The minimum Gasteiger partial charge on any atom is -0.335 e. The number of rotatable bonds is 4. The SMILES string of the molecule is Cc1ccc(C(=O)CC[NH+]2CCCCC2)cc1. The van der Waals surface area contributed by atoms with Crippen molar-refractivity contribution in [2.45, 2.75) is 32.6 Å². The molecule has 0 unspecified atom stereocenters. The first-order chi connectivity index (χ1) is 8.25. The third kappa shape index (κ3) is 3.67. The number of hydrogen-bond acceptors (Lipinski definition) is 1. The molecule has 2 rings (SSSR count). The van der Waals surface area contributed by atoms with Crippen LogP contribution in [0.1, 0.15) is 41.6 Å². The quantitative estimate of drug-likeness (QED) is 0.783. The van der Waals surface area contributed by atoms with E-state index in [9.17, 15) is 4.79 Å². The molecule has 1 aromatic carbocycles. The maximum Gasteiger partial charge on any atom is 0.168 e. The molecule has 0 aliphatic carbocycles. The van der Waals surface area contributed by atoms with E-state index in [1.807, 2.05) is 31.2 Å². The Hall–Kier alpha value is -1.15. The van der Waals surface area contributed by atoms with E-state index in [1.54, 1.807) is 4.90 Å². The van der Waals surface area contributed by atoms with Gasteiger partial charge in [-0.05, 0) is 26.2 Å². The lowest BCUT2D eigenvalue weighted by Crippen LogP contribution is -3.12. The van der Waals surface area contributed by atoms with Crippen molar-refractivity contribution in [3.05, 3.63) is 35.4 Å². The van der Waals surface area contributed by atoms with Crippen LogP contribution in [0.5, 0.6) is 0 Å². The summed E-state index contributed by atoms with van der Waals surface area (Å²) < 4.78 is 0. The number of carbonyl (C=O) groups excluding carboxylic acids is 1. The van der Waals surface area contributed by atoms with Crippen molar-refractivity contribution in [1.82, 2.24) is 0 Å². The molecule has 0 saturated carbocycles. The smallest absolute Gasteiger partial charge is 0.168 e. The van der Waals surface area contributed by atoms with Crippen molar-refractivity contribution in [1.29, 1.82) is 0 Å². The maximum absolute atomic E-state index is 12.0. The van der Waals surface area contributed by atoms with Crippen LogP contribution in [0.4, 0.5) is 0 Å². The molecular formula is C15H22NO+. The third-order valence-electron chi connectivity index (χ3n) is 3.64. The van der Waals surface area contributed by atoms with E-state index < -0.39 is 0 Å². The largest absolute Gasteiger partial charge is 0.335 e. The van der Waals surface area contributed by atoms with Crippen molar-refractivity contribution < 1.29 is 9.69 Å². The minimum absolute atomic E-state index is 0.295. The van der Waals surface area contributed by atoms with Gasteiger partial charge in [-0.25, -0.2) is 0 Å². The highest BCUT2D eigenvalue weighted by molar-refractivity contribution is 5.96. The lowest BCUT2D eigenvalue weighted by atomic mass is 10.1. The molecule has 1 fully saturated rings. The average molecular weight is 232 g/mol. The van der Waals surface area contributed by atoms with Gasteiger partial charge in [-0.2, -0.15) is 0 Å². The molecule has 1 aliphatic rings. The van der Waals surface area contributed by atoms with Gasteiger partial charge in [-0.15, -0.1) is 0 Å². The highest BCUT2D eigenvalue weighted by atomic mass is 16.1. The minimum atomic E-state index is 0.295. The highest BCUT2D eigenvalue weighted by Gasteiger charge is 2.15. The molecule has 1 heterocycles. The predicted octanol–water partition coefficient (Wildman–Crippen LogP) is 1.64. The van der Waals surface area contributed by atoms with E-state index in [0.717, 1.165) is 12.1 Å². The Morgan fingerprint density at radius 2 is 1.76 bits per heavy atom. The molecule has 2 heteroatoms. The van der Waals surface area contributed by atoms with E-state index in [4.69, 9.17) is 0 Å². The fraction of sp³-hybridized carbons (Fsp3) is 0.533. The van der Waals surface area contributed by atoms with Crippen LogP contribution < -0.4 is 4.90 Å². The predicted molar refractivity (Wildman–Crippen MR) is 69.5 cm³/mol. The van der Waals surface area contributed by atoms with Crippen molar-refractivity contribution >= 4 is 5.78 Å². The molecule has 0 amide bonds. The van der Waals surface area contributed by atoms with Crippen LogP contribution in [-0.4, -0.2) is 25.4 Å². The van der Waals surface area contributed by atoms with Gasteiger partial charge >= 0.3 is 0 Å². The van der Waals surface area contributed by atoms with Gasteiger partial charge < -0.3 is 4.90 Å². The summed E-state index contributed by atoms with van der Waals surface area (Å²) in [6, 6.07) is 7.92. The van der Waals surface area contributed by atoms with Crippen LogP contribution in [0.15, 0.2) is 24.3 Å². The Morgan fingerprint density at radius 3 is 2.41 bits per heavy atom. The molecule has 0 aromatic heterocycles. The number of quaternary nitrogens is 1. The maximum atomic E-state index is 12.0. The Bertz CT molecular complexity index is 363. The number of carbonyl (C=O) groups is 1. The van der Waals surface area contributed by atoms with Crippen LogP contribution in [0, 0.1) is 6.92 Å². The van der Waals surface area contributed by atoms with E-state index in [1.165, 1.54) is 37.9 Å². The fourth-order valence-electron chi connectivity index (χ4n) is 2.48. The highest BCUT2D eigenvalue weighted by Crippen LogP contribution is 2.05. The molecule has 1 aromatic rings. The summed E-state index contributed by atoms with van der Waals surface area (Å²) in [5.41, 5.74) is 2.08. The summed E-state index contributed by atoms with van der Waals surface area (Å²) in [6.07, 6.45) is 4.72. The molecule has 92 valence electrons. The van der Waals surface area contributed by atoms with Crippen molar-refractivity contribution in [3.8, 4) is 0 Å². The van der Waals surface area contributed by atoms with Gasteiger partial charge in [0.25, 0.3) is 0 Å². The zero-order valence-corrected chi connectivity index (χ0v) is 10.7. The Morgan fingerprint density at radius 1 is 1.12 bits per heavy atom. The van der Waals surface area contributed by atoms with Gasteiger partial charge in [0.05, 0.1) is 26.1 Å². The van der Waals surface area contributed by atoms with Crippen molar-refractivity contribution in [2.24, 2.45) is 0 Å². The molecule has 1 aliphatic heterocycles. The average Bonchev–Trinajstić information content (AvgIpc) is 2.38. The van der Waals surface area contributed by atoms with Gasteiger partial charge in [0.15, 0.2) is 5.78 Å². The Balaban J connectivity index is 1.82. The van der Waals surface area contributed by atoms with Crippen LogP contribution in [-0.2, 0) is 0 Å². The summed E-state index contributed by atoms with van der Waals surface area (Å²) in [6.45, 7) is 5.56.